The normalized spacial score (nSPS) is 13.9. The first-order valence-corrected chi connectivity index (χ1v) is 11.5. The van der Waals surface area contributed by atoms with E-state index in [1.807, 2.05) is 0 Å². The van der Waals surface area contributed by atoms with Gasteiger partial charge in [-0.25, -0.2) is 4.79 Å². The van der Waals surface area contributed by atoms with Crippen molar-refractivity contribution in [2.75, 3.05) is 0 Å². The molecule has 2 aromatic rings. The molecular formula is C25H31N5O7. The lowest BCUT2D eigenvalue weighted by molar-refractivity contribution is -0.142. The van der Waals surface area contributed by atoms with Gasteiger partial charge in [-0.15, -0.1) is 0 Å². The van der Waals surface area contributed by atoms with Gasteiger partial charge >= 0.3 is 5.97 Å². The molecule has 0 aliphatic heterocycles. The summed E-state index contributed by atoms with van der Waals surface area (Å²) in [5.74, 6) is -4.57. The van der Waals surface area contributed by atoms with Crippen LogP contribution in [0.2, 0.25) is 0 Å². The fourth-order valence-corrected chi connectivity index (χ4v) is 3.39. The van der Waals surface area contributed by atoms with E-state index < -0.39 is 60.2 Å². The van der Waals surface area contributed by atoms with Gasteiger partial charge in [-0.1, -0.05) is 42.5 Å². The molecule has 4 amide bonds. The lowest BCUT2D eigenvalue weighted by Gasteiger charge is -2.25. The average molecular weight is 514 g/mol. The van der Waals surface area contributed by atoms with Gasteiger partial charge in [0.15, 0.2) is 0 Å². The number of carboxylic acid groups (broad SMARTS) is 1. The van der Waals surface area contributed by atoms with E-state index in [1.165, 1.54) is 31.2 Å². The minimum absolute atomic E-state index is 0.00344. The SMILES string of the molecule is CC(N)C(=O)NC(CC(N)=O)C(=O)NC(Cc1ccc(O)cc1)C(=O)NC(Cc1ccccc1)C(=O)O. The first kappa shape index (κ1) is 28.8. The molecule has 4 atom stereocenters. The highest BCUT2D eigenvalue weighted by atomic mass is 16.4. The third-order valence-corrected chi connectivity index (χ3v) is 5.36. The summed E-state index contributed by atoms with van der Waals surface area (Å²) in [6.07, 6.45) is -0.639. The van der Waals surface area contributed by atoms with Gasteiger partial charge in [-0.2, -0.15) is 0 Å². The minimum Gasteiger partial charge on any atom is -0.508 e. The second-order valence-corrected chi connectivity index (χ2v) is 8.54. The Hall–Kier alpha value is -4.45. The number of nitrogens with one attached hydrogen (secondary N) is 3. The second-order valence-electron chi connectivity index (χ2n) is 8.54. The van der Waals surface area contributed by atoms with E-state index in [9.17, 15) is 34.2 Å². The molecule has 12 heteroatoms. The maximum atomic E-state index is 13.2. The van der Waals surface area contributed by atoms with Crippen molar-refractivity contribution in [3.05, 3.63) is 65.7 Å². The number of hydrogen-bond acceptors (Lipinski definition) is 7. The van der Waals surface area contributed by atoms with Gasteiger partial charge in [0.2, 0.25) is 23.6 Å². The number of amides is 4. The Balaban J connectivity index is 2.27. The molecule has 12 nitrogen and oxygen atoms in total. The van der Waals surface area contributed by atoms with Crippen LogP contribution in [0.4, 0.5) is 0 Å². The molecule has 4 unspecified atom stereocenters. The smallest absolute Gasteiger partial charge is 0.326 e. The number of phenolic OH excluding ortho intramolecular Hbond substituents is 1. The quantitative estimate of drug-likeness (QED) is 0.175. The summed E-state index contributed by atoms with van der Waals surface area (Å²) in [5, 5.41) is 26.4. The molecule has 198 valence electrons. The minimum atomic E-state index is -1.41. The van der Waals surface area contributed by atoms with Crippen molar-refractivity contribution in [2.24, 2.45) is 11.5 Å². The first-order valence-electron chi connectivity index (χ1n) is 11.5. The van der Waals surface area contributed by atoms with Crippen molar-refractivity contribution in [1.82, 2.24) is 16.0 Å². The predicted molar refractivity (Wildman–Crippen MR) is 133 cm³/mol. The third kappa shape index (κ3) is 9.61. The van der Waals surface area contributed by atoms with Crippen LogP contribution in [0.5, 0.6) is 5.75 Å². The topological polar surface area (TPSA) is 214 Å². The van der Waals surface area contributed by atoms with Crippen molar-refractivity contribution in [3.63, 3.8) is 0 Å². The molecule has 0 aliphatic carbocycles. The van der Waals surface area contributed by atoms with Crippen LogP contribution in [0, 0.1) is 0 Å². The molecule has 0 fully saturated rings. The summed E-state index contributed by atoms with van der Waals surface area (Å²) in [7, 11) is 0. The van der Waals surface area contributed by atoms with E-state index in [0.717, 1.165) is 0 Å². The Morgan fingerprint density at radius 1 is 0.757 bits per heavy atom. The van der Waals surface area contributed by atoms with Crippen molar-refractivity contribution in [1.29, 1.82) is 0 Å². The largest absolute Gasteiger partial charge is 0.508 e. The Morgan fingerprint density at radius 2 is 1.24 bits per heavy atom. The molecule has 0 aliphatic rings. The molecule has 2 aromatic carbocycles. The zero-order valence-electron chi connectivity index (χ0n) is 20.2. The average Bonchev–Trinajstić information content (AvgIpc) is 2.84. The number of phenols is 1. The van der Waals surface area contributed by atoms with E-state index in [0.29, 0.717) is 11.1 Å². The van der Waals surface area contributed by atoms with E-state index in [1.54, 1.807) is 30.3 Å². The number of carbonyl (C=O) groups excluding carboxylic acids is 4. The summed E-state index contributed by atoms with van der Waals surface area (Å²) in [6, 6.07) is 9.52. The van der Waals surface area contributed by atoms with Gasteiger partial charge in [0.1, 0.15) is 23.9 Å². The van der Waals surface area contributed by atoms with E-state index in [4.69, 9.17) is 11.5 Å². The third-order valence-electron chi connectivity index (χ3n) is 5.36. The van der Waals surface area contributed by atoms with Crippen molar-refractivity contribution < 1.29 is 34.2 Å². The fraction of sp³-hybridized carbons (Fsp3) is 0.320. The molecule has 2 rings (SSSR count). The van der Waals surface area contributed by atoms with Crippen LogP contribution in [0.3, 0.4) is 0 Å². The summed E-state index contributed by atoms with van der Waals surface area (Å²) < 4.78 is 0. The van der Waals surface area contributed by atoms with Crippen LogP contribution in [0.15, 0.2) is 54.6 Å². The summed E-state index contributed by atoms with van der Waals surface area (Å²) in [6.45, 7) is 1.38. The second kappa shape index (κ2) is 13.6. The molecule has 9 N–H and O–H groups in total. The van der Waals surface area contributed by atoms with Crippen molar-refractivity contribution >= 4 is 29.6 Å². The molecule has 0 saturated heterocycles. The number of carboxylic acids is 1. The summed E-state index contributed by atoms with van der Waals surface area (Å²) in [4.78, 5) is 61.6. The Bertz CT molecular complexity index is 1110. The molecule has 0 bridgehead atoms. The Labute approximate surface area is 213 Å². The van der Waals surface area contributed by atoms with Gasteiger partial charge in [0.05, 0.1) is 12.5 Å². The maximum Gasteiger partial charge on any atom is 0.326 e. The molecule has 0 aromatic heterocycles. The van der Waals surface area contributed by atoms with Gasteiger partial charge in [0, 0.05) is 12.8 Å². The number of nitrogens with two attached hydrogens (primary N) is 2. The van der Waals surface area contributed by atoms with Crippen LogP contribution in [-0.2, 0) is 36.8 Å². The van der Waals surface area contributed by atoms with Crippen LogP contribution < -0.4 is 27.4 Å². The lowest BCUT2D eigenvalue weighted by Crippen LogP contribution is -2.58. The number of aliphatic carboxylic acids is 1. The molecule has 0 spiro atoms. The Kier molecular flexibility index (Phi) is 10.6. The van der Waals surface area contributed by atoms with Crippen LogP contribution in [-0.4, -0.2) is 64.0 Å². The standard InChI is InChI=1S/C25H31N5O7/c1-14(26)22(33)28-19(13-21(27)32)24(35)29-18(11-16-7-9-17(31)10-8-16)23(34)30-20(25(36)37)12-15-5-3-2-4-6-15/h2-10,14,18-20,31H,11-13,26H2,1H3,(H2,27,32)(H,28,33)(H,29,35)(H,30,34)(H,36,37). The van der Waals surface area contributed by atoms with E-state index >= 15 is 0 Å². The number of benzene rings is 2. The molecule has 0 radical (unpaired) electrons. The van der Waals surface area contributed by atoms with Gasteiger partial charge in [-0.3, -0.25) is 19.2 Å². The van der Waals surface area contributed by atoms with E-state index in [2.05, 4.69) is 16.0 Å². The molecule has 37 heavy (non-hydrogen) atoms. The zero-order chi connectivity index (χ0) is 27.5. The number of hydrogen-bond donors (Lipinski definition) is 7. The number of carbonyl (C=O) groups is 5. The number of primary amides is 1. The first-order chi connectivity index (χ1) is 17.5. The van der Waals surface area contributed by atoms with Crippen LogP contribution >= 0.6 is 0 Å². The monoisotopic (exact) mass is 513 g/mol. The van der Waals surface area contributed by atoms with Crippen molar-refractivity contribution in [3.8, 4) is 5.75 Å². The van der Waals surface area contributed by atoms with Gasteiger partial charge in [0.25, 0.3) is 0 Å². The fourth-order valence-electron chi connectivity index (χ4n) is 3.39. The van der Waals surface area contributed by atoms with E-state index in [-0.39, 0.29) is 18.6 Å². The highest BCUT2D eigenvalue weighted by Gasteiger charge is 2.31. The molecular weight excluding hydrogens is 482 g/mol. The van der Waals surface area contributed by atoms with Gasteiger partial charge in [-0.05, 0) is 30.2 Å². The summed E-state index contributed by atoms with van der Waals surface area (Å²) in [5.41, 5.74) is 12.0. The van der Waals surface area contributed by atoms with Gasteiger partial charge < -0.3 is 37.6 Å². The van der Waals surface area contributed by atoms with Crippen molar-refractivity contribution in [2.45, 2.75) is 50.4 Å². The van der Waals surface area contributed by atoms with Crippen LogP contribution in [0.1, 0.15) is 24.5 Å². The predicted octanol–water partition coefficient (Wildman–Crippen LogP) is -1.06. The molecule has 0 heterocycles. The zero-order valence-corrected chi connectivity index (χ0v) is 20.2. The highest BCUT2D eigenvalue weighted by molar-refractivity contribution is 5.96. The summed E-state index contributed by atoms with van der Waals surface area (Å²) >= 11 is 0. The Morgan fingerprint density at radius 3 is 1.78 bits per heavy atom. The maximum absolute atomic E-state index is 13.2. The molecule has 0 saturated carbocycles. The number of aromatic hydroxyl groups is 1. The highest BCUT2D eigenvalue weighted by Crippen LogP contribution is 2.12. The lowest BCUT2D eigenvalue weighted by atomic mass is 10.0. The van der Waals surface area contributed by atoms with Crippen LogP contribution in [0.25, 0.3) is 0 Å². The number of rotatable bonds is 13.